The summed E-state index contributed by atoms with van der Waals surface area (Å²) in [5, 5.41) is 6.15. The highest BCUT2D eigenvalue weighted by Crippen LogP contribution is 2.35. The molecule has 12 heteroatoms. The van der Waals surface area contributed by atoms with Crippen LogP contribution in [0, 0.1) is 37.3 Å². The summed E-state index contributed by atoms with van der Waals surface area (Å²) < 4.78 is 38.4. The lowest BCUT2D eigenvalue weighted by molar-refractivity contribution is -0.126. The second-order valence-corrected chi connectivity index (χ2v) is 16.3. The van der Waals surface area contributed by atoms with Crippen LogP contribution < -0.4 is 10.6 Å². The van der Waals surface area contributed by atoms with Gasteiger partial charge in [0.15, 0.2) is 0 Å². The highest BCUT2D eigenvalue weighted by atomic mass is 19.1. The Bertz CT molecular complexity index is 1920. The minimum atomic E-state index is -0.402. The van der Waals surface area contributed by atoms with Crippen molar-refractivity contribution in [2.24, 2.45) is 11.8 Å². The number of carbonyl (C=O) groups is 4. The fourth-order valence-electron chi connectivity index (χ4n) is 7.59. The van der Waals surface area contributed by atoms with Crippen molar-refractivity contribution in [1.29, 1.82) is 0 Å². The monoisotopic (exact) mass is 824 g/mol. The van der Waals surface area contributed by atoms with Gasteiger partial charge in [0.05, 0.1) is 12.1 Å². The fraction of sp³-hybridized carbons (Fsp3) is 0.417. The third-order valence-corrected chi connectivity index (χ3v) is 11.0. The van der Waals surface area contributed by atoms with Crippen LogP contribution in [-0.4, -0.2) is 59.0 Å². The summed E-state index contributed by atoms with van der Waals surface area (Å²) in [5.41, 5.74) is 5.13. The number of piperidine rings is 2. The van der Waals surface area contributed by atoms with Gasteiger partial charge in [-0.15, -0.1) is 0 Å². The SMILES string of the molecule is Cc1cc(F)ccc1[C@@H]1C[C@H](NC(=O)C(C)C)CCN1C(=O)OCc1ccccc1.Cc1cc(F)ccc1[C@H]1C[C@@H](NC(=O)C(C)C)CCN1C(=O)OCc1ccccc1. The molecule has 2 aliphatic heterocycles. The molecule has 4 aromatic carbocycles. The Hall–Kier alpha value is -5.78. The van der Waals surface area contributed by atoms with E-state index in [4.69, 9.17) is 9.47 Å². The van der Waals surface area contributed by atoms with Crippen molar-refractivity contribution in [3.63, 3.8) is 0 Å². The van der Waals surface area contributed by atoms with E-state index in [0.29, 0.717) is 38.8 Å². The Balaban J connectivity index is 0.000000228. The van der Waals surface area contributed by atoms with Crippen LogP contribution in [0.2, 0.25) is 0 Å². The number of halogens is 2. The number of rotatable bonds is 10. The maximum atomic E-state index is 13.7. The number of amides is 4. The maximum Gasteiger partial charge on any atom is 0.410 e. The van der Waals surface area contributed by atoms with Crippen LogP contribution in [0.5, 0.6) is 0 Å². The van der Waals surface area contributed by atoms with Gasteiger partial charge in [0.2, 0.25) is 11.8 Å². The molecule has 4 aromatic rings. The molecule has 320 valence electrons. The van der Waals surface area contributed by atoms with Gasteiger partial charge in [-0.3, -0.25) is 9.59 Å². The molecule has 6 rings (SSSR count). The Kier molecular flexibility index (Phi) is 16.2. The Morgan fingerprint density at radius 1 is 0.600 bits per heavy atom. The quantitative estimate of drug-likeness (QED) is 0.165. The lowest BCUT2D eigenvalue weighted by atomic mass is 9.89. The lowest BCUT2D eigenvalue weighted by Crippen LogP contribution is -2.49. The van der Waals surface area contributed by atoms with Crippen LogP contribution in [0.25, 0.3) is 0 Å². The fourth-order valence-corrected chi connectivity index (χ4v) is 7.59. The first-order valence-electron chi connectivity index (χ1n) is 20.8. The summed E-state index contributed by atoms with van der Waals surface area (Å²) in [7, 11) is 0. The molecule has 4 amide bonds. The van der Waals surface area contributed by atoms with Gasteiger partial charge >= 0.3 is 12.2 Å². The molecule has 2 saturated heterocycles. The van der Waals surface area contributed by atoms with Crippen molar-refractivity contribution in [3.05, 3.63) is 142 Å². The van der Waals surface area contributed by atoms with E-state index in [2.05, 4.69) is 10.6 Å². The zero-order valence-electron chi connectivity index (χ0n) is 35.5. The predicted octanol–water partition coefficient (Wildman–Crippen LogP) is 9.50. The van der Waals surface area contributed by atoms with Gasteiger partial charge in [0, 0.05) is 37.0 Å². The number of nitrogens with one attached hydrogen (secondary N) is 2. The van der Waals surface area contributed by atoms with Gasteiger partial charge < -0.3 is 29.9 Å². The second-order valence-electron chi connectivity index (χ2n) is 16.3. The molecule has 0 aliphatic carbocycles. The standard InChI is InChI=1S/2C24H29FN2O3/c2*1-16(2)23(28)26-20-11-12-27(24(29)30-15-18-7-5-4-6-8-18)22(14-20)21-10-9-19(25)13-17(21)3/h2*4-10,13,16,20,22H,11-12,14-15H2,1-3H3,(H,26,28)/t2*20-,22+/m10/s1. The van der Waals surface area contributed by atoms with Crippen LogP contribution in [-0.2, 0) is 32.3 Å². The minimum Gasteiger partial charge on any atom is -0.445 e. The molecule has 0 unspecified atom stereocenters. The Morgan fingerprint density at radius 2 is 0.967 bits per heavy atom. The van der Waals surface area contributed by atoms with Crippen LogP contribution in [0.1, 0.15) is 98.8 Å². The van der Waals surface area contributed by atoms with Gasteiger partial charge in [-0.1, -0.05) is 100 Å². The largest absolute Gasteiger partial charge is 0.445 e. The molecule has 2 fully saturated rings. The number of hydrogen-bond acceptors (Lipinski definition) is 6. The number of aryl methyl sites for hydroxylation is 2. The third-order valence-electron chi connectivity index (χ3n) is 11.0. The molecular weight excluding hydrogens is 767 g/mol. The topological polar surface area (TPSA) is 117 Å². The molecule has 0 radical (unpaired) electrons. The van der Waals surface area contributed by atoms with Crippen molar-refractivity contribution < 1.29 is 37.4 Å². The molecule has 60 heavy (non-hydrogen) atoms. The van der Waals surface area contributed by atoms with Crippen molar-refractivity contribution in [2.75, 3.05) is 13.1 Å². The van der Waals surface area contributed by atoms with Crippen molar-refractivity contribution in [1.82, 2.24) is 20.4 Å². The number of likely N-dealkylation sites (tertiary alicyclic amines) is 2. The summed E-state index contributed by atoms with van der Waals surface area (Å²) in [6, 6.07) is 27.6. The molecule has 0 aromatic heterocycles. The first-order valence-corrected chi connectivity index (χ1v) is 20.8. The first-order chi connectivity index (χ1) is 28.7. The zero-order valence-corrected chi connectivity index (χ0v) is 35.5. The minimum absolute atomic E-state index is 0.00492. The summed E-state index contributed by atoms with van der Waals surface area (Å²) in [5.74, 6) is -0.844. The van der Waals surface area contributed by atoms with Gasteiger partial charge in [-0.25, -0.2) is 18.4 Å². The average molecular weight is 825 g/mol. The van der Waals surface area contributed by atoms with E-state index in [9.17, 15) is 28.0 Å². The van der Waals surface area contributed by atoms with Gasteiger partial charge in [-0.2, -0.15) is 0 Å². The Labute approximate surface area is 352 Å². The van der Waals surface area contributed by atoms with Crippen LogP contribution in [0.4, 0.5) is 18.4 Å². The van der Waals surface area contributed by atoms with Gasteiger partial charge in [-0.05, 0) is 97.2 Å². The molecule has 0 spiro atoms. The summed E-state index contributed by atoms with van der Waals surface area (Å²) in [4.78, 5) is 53.6. The summed E-state index contributed by atoms with van der Waals surface area (Å²) >= 11 is 0. The predicted molar refractivity (Wildman–Crippen MR) is 226 cm³/mol. The smallest absolute Gasteiger partial charge is 0.410 e. The van der Waals surface area contributed by atoms with Crippen molar-refractivity contribution in [2.45, 2.75) is 105 Å². The van der Waals surface area contributed by atoms with E-state index in [0.717, 1.165) is 33.4 Å². The molecule has 2 heterocycles. The molecule has 0 bridgehead atoms. The van der Waals surface area contributed by atoms with E-state index in [-0.39, 0.29) is 72.7 Å². The van der Waals surface area contributed by atoms with E-state index in [1.165, 1.54) is 24.3 Å². The van der Waals surface area contributed by atoms with E-state index >= 15 is 0 Å². The molecule has 4 atom stereocenters. The number of ether oxygens (including phenoxy) is 2. The summed E-state index contributed by atoms with van der Waals surface area (Å²) in [6.45, 7) is 12.4. The number of hydrogen-bond donors (Lipinski definition) is 2. The van der Waals surface area contributed by atoms with Gasteiger partial charge in [0.1, 0.15) is 24.8 Å². The number of benzene rings is 4. The third kappa shape index (κ3) is 12.6. The maximum absolute atomic E-state index is 13.7. The zero-order chi connectivity index (χ0) is 43.3. The highest BCUT2D eigenvalue weighted by Gasteiger charge is 2.37. The van der Waals surface area contributed by atoms with Gasteiger partial charge in [0.25, 0.3) is 0 Å². The van der Waals surface area contributed by atoms with Crippen LogP contribution >= 0.6 is 0 Å². The molecule has 0 saturated carbocycles. The molecule has 2 N–H and O–H groups in total. The lowest BCUT2D eigenvalue weighted by Gasteiger charge is -2.40. The number of nitrogens with zero attached hydrogens (tertiary/aromatic N) is 2. The molecular formula is C48H58F2N4O6. The van der Waals surface area contributed by atoms with E-state index in [1.54, 1.807) is 21.9 Å². The van der Waals surface area contributed by atoms with E-state index in [1.807, 2.05) is 102 Å². The van der Waals surface area contributed by atoms with Crippen LogP contribution in [0.3, 0.4) is 0 Å². The van der Waals surface area contributed by atoms with E-state index < -0.39 is 12.2 Å². The first kappa shape index (κ1) is 45.3. The number of carbonyl (C=O) groups excluding carboxylic acids is 4. The summed E-state index contributed by atoms with van der Waals surface area (Å²) in [6.07, 6.45) is 1.62. The van der Waals surface area contributed by atoms with Crippen molar-refractivity contribution >= 4 is 24.0 Å². The molecule has 10 nitrogen and oxygen atoms in total. The normalized spacial score (nSPS) is 18.9. The highest BCUT2D eigenvalue weighted by molar-refractivity contribution is 5.78. The van der Waals surface area contributed by atoms with Crippen molar-refractivity contribution in [3.8, 4) is 0 Å². The molecule has 2 aliphatic rings. The second kappa shape index (κ2) is 21.5. The van der Waals surface area contributed by atoms with Crippen LogP contribution in [0.15, 0.2) is 97.1 Å². The average Bonchev–Trinajstić information content (AvgIpc) is 3.23. The Morgan fingerprint density at radius 3 is 1.30 bits per heavy atom.